The Morgan fingerprint density at radius 2 is 1.92 bits per heavy atom. The van der Waals surface area contributed by atoms with Crippen LogP contribution >= 0.6 is 24.0 Å². The highest BCUT2D eigenvalue weighted by Crippen LogP contribution is 2.47. The predicted octanol–water partition coefficient (Wildman–Crippen LogP) is 4.45. The molecule has 1 aromatic heterocycles. The van der Waals surface area contributed by atoms with Crippen molar-refractivity contribution in [3.8, 4) is 0 Å². The van der Waals surface area contributed by atoms with Crippen LogP contribution in [0.1, 0.15) is 42.9 Å². The minimum absolute atomic E-state index is 0. The number of aryl methyl sites for hydroxylation is 1. The molecule has 1 aliphatic carbocycles. The molecule has 1 fully saturated rings. The first kappa shape index (κ1) is 19.8. The molecule has 0 radical (unpaired) electrons. The van der Waals surface area contributed by atoms with Crippen molar-refractivity contribution in [3.05, 3.63) is 59.5 Å². The molecule has 1 aliphatic rings. The minimum atomic E-state index is 0. The lowest BCUT2D eigenvalue weighted by Gasteiger charge is -2.20. The van der Waals surface area contributed by atoms with Gasteiger partial charge in [0, 0.05) is 13.6 Å². The van der Waals surface area contributed by atoms with Crippen LogP contribution in [0.2, 0.25) is 0 Å². The van der Waals surface area contributed by atoms with Gasteiger partial charge in [0.15, 0.2) is 5.96 Å². The molecule has 1 atom stereocenters. The number of nitrogens with one attached hydrogen (secondary N) is 2. The Balaban J connectivity index is 0.00000225. The molecule has 0 spiro atoms. The number of benzene rings is 1. The zero-order valence-corrected chi connectivity index (χ0v) is 17.5. The van der Waals surface area contributed by atoms with E-state index in [0.717, 1.165) is 30.4 Å². The van der Waals surface area contributed by atoms with Crippen molar-refractivity contribution in [1.29, 1.82) is 0 Å². The second kappa shape index (κ2) is 8.74. The fourth-order valence-corrected chi connectivity index (χ4v) is 3.05. The lowest BCUT2D eigenvalue weighted by atomic mass is 9.96. The smallest absolute Gasteiger partial charge is 0.191 e. The fraction of sp³-hybridized carbons (Fsp3) is 0.450. The molecule has 0 aliphatic heterocycles. The molecule has 1 unspecified atom stereocenters. The van der Waals surface area contributed by atoms with Gasteiger partial charge in [-0.1, -0.05) is 30.3 Å². The SMILES string of the molecule is CN=C(NCC1(Cc2ccccc2)CC1)NC(C)c1ccc(C)o1.I. The highest BCUT2D eigenvalue weighted by molar-refractivity contribution is 14.0. The summed E-state index contributed by atoms with van der Waals surface area (Å²) in [4.78, 5) is 4.35. The van der Waals surface area contributed by atoms with Crippen LogP contribution in [0.15, 0.2) is 51.9 Å². The van der Waals surface area contributed by atoms with E-state index in [-0.39, 0.29) is 30.0 Å². The maximum absolute atomic E-state index is 5.68. The molecule has 2 aromatic rings. The van der Waals surface area contributed by atoms with Gasteiger partial charge in [0.25, 0.3) is 0 Å². The van der Waals surface area contributed by atoms with E-state index < -0.39 is 0 Å². The van der Waals surface area contributed by atoms with Gasteiger partial charge >= 0.3 is 0 Å². The molecule has 2 N–H and O–H groups in total. The molecule has 1 saturated carbocycles. The fourth-order valence-electron chi connectivity index (χ4n) is 3.05. The Morgan fingerprint density at radius 3 is 2.48 bits per heavy atom. The molecule has 136 valence electrons. The first-order valence-corrected chi connectivity index (χ1v) is 8.68. The zero-order valence-electron chi connectivity index (χ0n) is 15.2. The highest BCUT2D eigenvalue weighted by atomic mass is 127. The van der Waals surface area contributed by atoms with Gasteiger partial charge in [-0.15, -0.1) is 24.0 Å². The Labute approximate surface area is 167 Å². The summed E-state index contributed by atoms with van der Waals surface area (Å²) in [7, 11) is 1.81. The Morgan fingerprint density at radius 1 is 1.20 bits per heavy atom. The van der Waals surface area contributed by atoms with Crippen molar-refractivity contribution in [3.63, 3.8) is 0 Å². The summed E-state index contributed by atoms with van der Waals surface area (Å²) >= 11 is 0. The molecule has 0 amide bonds. The number of furan rings is 1. The third-order valence-electron chi connectivity index (χ3n) is 4.77. The van der Waals surface area contributed by atoms with Crippen LogP contribution in [-0.4, -0.2) is 19.6 Å². The molecule has 0 bridgehead atoms. The molecule has 25 heavy (non-hydrogen) atoms. The summed E-state index contributed by atoms with van der Waals surface area (Å²) in [5, 5.41) is 6.90. The van der Waals surface area contributed by atoms with Crippen LogP contribution in [0.5, 0.6) is 0 Å². The van der Waals surface area contributed by atoms with Gasteiger partial charge in [0.2, 0.25) is 0 Å². The van der Waals surface area contributed by atoms with Gasteiger partial charge in [0.1, 0.15) is 11.5 Å². The van der Waals surface area contributed by atoms with Crippen molar-refractivity contribution >= 4 is 29.9 Å². The van der Waals surface area contributed by atoms with Crippen molar-refractivity contribution in [1.82, 2.24) is 10.6 Å². The molecule has 4 nitrogen and oxygen atoms in total. The molecular formula is C20H28IN3O. The summed E-state index contributed by atoms with van der Waals surface area (Å²) in [6, 6.07) is 14.8. The minimum Gasteiger partial charge on any atom is -0.464 e. The second-order valence-electron chi connectivity index (χ2n) is 6.90. The van der Waals surface area contributed by atoms with Crippen LogP contribution < -0.4 is 10.6 Å². The topological polar surface area (TPSA) is 49.6 Å². The lowest BCUT2D eigenvalue weighted by molar-refractivity contribution is 0.438. The summed E-state index contributed by atoms with van der Waals surface area (Å²) in [5.74, 6) is 2.69. The first-order valence-electron chi connectivity index (χ1n) is 8.68. The van der Waals surface area contributed by atoms with Gasteiger partial charge in [-0.2, -0.15) is 0 Å². The van der Waals surface area contributed by atoms with Gasteiger partial charge in [-0.3, -0.25) is 4.99 Å². The van der Waals surface area contributed by atoms with Gasteiger partial charge in [0.05, 0.1) is 6.04 Å². The van der Waals surface area contributed by atoms with E-state index in [1.165, 1.54) is 18.4 Å². The monoisotopic (exact) mass is 453 g/mol. The third-order valence-corrected chi connectivity index (χ3v) is 4.77. The maximum Gasteiger partial charge on any atom is 0.191 e. The zero-order chi connectivity index (χ0) is 17.0. The van der Waals surface area contributed by atoms with Gasteiger partial charge in [-0.05, 0) is 56.2 Å². The molecule has 5 heteroatoms. The van der Waals surface area contributed by atoms with Gasteiger partial charge in [-0.25, -0.2) is 0 Å². The molecule has 1 heterocycles. The van der Waals surface area contributed by atoms with Crippen LogP contribution in [-0.2, 0) is 6.42 Å². The predicted molar refractivity (Wildman–Crippen MR) is 114 cm³/mol. The van der Waals surface area contributed by atoms with E-state index in [0.29, 0.717) is 5.41 Å². The molecule has 0 saturated heterocycles. The quantitative estimate of drug-likeness (QED) is 0.386. The third kappa shape index (κ3) is 5.49. The number of guanidine groups is 1. The normalized spacial score (nSPS) is 16.7. The lowest BCUT2D eigenvalue weighted by Crippen LogP contribution is -2.41. The molecular weight excluding hydrogens is 425 g/mol. The number of hydrogen-bond donors (Lipinski definition) is 2. The van der Waals surface area contributed by atoms with E-state index in [4.69, 9.17) is 4.42 Å². The standard InChI is InChI=1S/C20H27N3O.HI/c1-15-9-10-18(24-15)16(2)23-19(21-3)22-14-20(11-12-20)13-17-7-5-4-6-8-17;/h4-10,16H,11-14H2,1-3H3,(H2,21,22,23);1H. The van der Waals surface area contributed by atoms with Gasteiger partial charge < -0.3 is 15.1 Å². The summed E-state index contributed by atoms with van der Waals surface area (Å²) in [6.45, 7) is 5.00. The average Bonchev–Trinajstić information content (AvgIpc) is 3.21. The summed E-state index contributed by atoms with van der Waals surface area (Å²) in [6.07, 6.45) is 3.68. The maximum atomic E-state index is 5.68. The first-order chi connectivity index (χ1) is 11.6. The Bertz CT molecular complexity index is 692. The number of aliphatic imine (C=N–C) groups is 1. The largest absolute Gasteiger partial charge is 0.464 e. The van der Waals surface area contributed by atoms with Crippen molar-refractivity contribution in [2.24, 2.45) is 10.4 Å². The van der Waals surface area contributed by atoms with E-state index in [9.17, 15) is 0 Å². The van der Waals surface area contributed by atoms with Crippen LogP contribution in [0, 0.1) is 12.3 Å². The van der Waals surface area contributed by atoms with Crippen molar-refractivity contribution < 1.29 is 4.42 Å². The number of nitrogens with zero attached hydrogens (tertiary/aromatic N) is 1. The Hall–Kier alpha value is -1.50. The number of halogens is 1. The van der Waals surface area contributed by atoms with Crippen molar-refractivity contribution in [2.75, 3.05) is 13.6 Å². The summed E-state index contributed by atoms with van der Waals surface area (Å²) in [5.41, 5.74) is 1.79. The highest BCUT2D eigenvalue weighted by Gasteiger charge is 2.42. The number of rotatable bonds is 6. The Kier molecular flexibility index (Phi) is 6.93. The van der Waals surface area contributed by atoms with Crippen molar-refractivity contribution in [2.45, 2.75) is 39.2 Å². The number of hydrogen-bond acceptors (Lipinski definition) is 2. The van der Waals surface area contributed by atoms with Crippen LogP contribution in [0.3, 0.4) is 0 Å². The van der Waals surface area contributed by atoms with Crippen LogP contribution in [0.4, 0.5) is 0 Å². The molecule has 1 aromatic carbocycles. The van der Waals surface area contributed by atoms with E-state index in [1.54, 1.807) is 0 Å². The van der Waals surface area contributed by atoms with E-state index in [2.05, 4.69) is 52.9 Å². The van der Waals surface area contributed by atoms with E-state index >= 15 is 0 Å². The second-order valence-corrected chi connectivity index (χ2v) is 6.90. The van der Waals surface area contributed by atoms with Crippen LogP contribution in [0.25, 0.3) is 0 Å². The molecule has 3 rings (SSSR count). The van der Waals surface area contributed by atoms with E-state index in [1.807, 2.05) is 26.1 Å². The summed E-state index contributed by atoms with van der Waals surface area (Å²) < 4.78 is 5.68. The average molecular weight is 453 g/mol.